The molecular weight excluding hydrogens is 198 g/mol. The second kappa shape index (κ2) is 9.00. The predicted molar refractivity (Wildman–Crippen MR) is 71.9 cm³/mol. The third kappa shape index (κ3) is 8.12. The van der Waals surface area contributed by atoms with Gasteiger partial charge in [0.15, 0.2) is 0 Å². The molecule has 1 N–H and O–H groups in total. The van der Waals surface area contributed by atoms with Crippen molar-refractivity contribution >= 4 is 0 Å². The predicted octanol–water partition coefficient (Wildman–Crippen LogP) is 3.61. The number of unbranched alkanes of at least 4 members (excludes halogenated alkanes) is 2. The molecule has 0 saturated carbocycles. The highest BCUT2D eigenvalue weighted by Gasteiger charge is 2.18. The molecule has 98 valence electrons. The van der Waals surface area contributed by atoms with Gasteiger partial charge in [-0.25, -0.2) is 0 Å². The van der Waals surface area contributed by atoms with Crippen LogP contribution in [0, 0.1) is 5.41 Å². The lowest BCUT2D eigenvalue weighted by molar-refractivity contribution is 0.155. The average Bonchev–Trinajstić information content (AvgIpc) is 2.24. The summed E-state index contributed by atoms with van der Waals surface area (Å²) in [7, 11) is 1.77. The Hall–Kier alpha value is -0.0800. The normalized spacial score (nSPS) is 14.1. The summed E-state index contributed by atoms with van der Waals surface area (Å²) in [5, 5.41) is 3.61. The van der Waals surface area contributed by atoms with Crippen LogP contribution in [0.1, 0.15) is 59.8 Å². The van der Waals surface area contributed by atoms with Crippen LogP contribution in [0.25, 0.3) is 0 Å². The first-order valence-corrected chi connectivity index (χ1v) is 6.78. The van der Waals surface area contributed by atoms with Crippen LogP contribution in [0.2, 0.25) is 0 Å². The Bertz CT molecular complexity index is 157. The van der Waals surface area contributed by atoms with E-state index in [1.807, 2.05) is 0 Å². The van der Waals surface area contributed by atoms with E-state index in [1.54, 1.807) is 7.11 Å². The van der Waals surface area contributed by atoms with Crippen molar-refractivity contribution in [1.29, 1.82) is 0 Å². The van der Waals surface area contributed by atoms with Crippen molar-refractivity contribution in [3.05, 3.63) is 0 Å². The number of nitrogens with one attached hydrogen (secondary N) is 1. The first kappa shape index (κ1) is 15.9. The molecule has 0 aromatic heterocycles. The maximum atomic E-state index is 5.20. The molecule has 0 aromatic rings. The molecule has 0 radical (unpaired) electrons. The average molecular weight is 229 g/mol. The van der Waals surface area contributed by atoms with Crippen molar-refractivity contribution < 1.29 is 4.74 Å². The fourth-order valence-corrected chi connectivity index (χ4v) is 1.88. The van der Waals surface area contributed by atoms with Gasteiger partial charge in [0.05, 0.1) is 6.61 Å². The van der Waals surface area contributed by atoms with E-state index in [1.165, 1.54) is 25.7 Å². The third-order valence-corrected chi connectivity index (χ3v) is 3.19. The van der Waals surface area contributed by atoms with Crippen molar-refractivity contribution in [1.82, 2.24) is 5.32 Å². The molecule has 0 fully saturated rings. The number of hydrogen-bond donors (Lipinski definition) is 1. The second-order valence-electron chi connectivity index (χ2n) is 5.56. The van der Waals surface area contributed by atoms with Crippen molar-refractivity contribution in [3.63, 3.8) is 0 Å². The topological polar surface area (TPSA) is 21.3 Å². The summed E-state index contributed by atoms with van der Waals surface area (Å²) in [5.74, 6) is 0. The molecule has 0 rings (SSSR count). The highest BCUT2D eigenvalue weighted by atomic mass is 16.5. The molecule has 0 aliphatic heterocycles. The lowest BCUT2D eigenvalue weighted by atomic mass is 9.86. The molecule has 2 heteroatoms. The molecule has 0 aromatic carbocycles. The molecule has 0 spiro atoms. The Morgan fingerprint density at radius 2 is 1.88 bits per heavy atom. The molecule has 1 atom stereocenters. The quantitative estimate of drug-likeness (QED) is 0.578. The van der Waals surface area contributed by atoms with E-state index in [9.17, 15) is 0 Å². The Labute approximate surface area is 102 Å². The molecule has 0 heterocycles. The molecule has 0 aliphatic carbocycles. The van der Waals surface area contributed by atoms with E-state index >= 15 is 0 Å². The molecule has 0 aliphatic rings. The van der Waals surface area contributed by atoms with Gasteiger partial charge in [0.1, 0.15) is 0 Å². The highest BCUT2D eigenvalue weighted by molar-refractivity contribution is 4.75. The van der Waals surface area contributed by atoms with Crippen LogP contribution < -0.4 is 5.32 Å². The smallest absolute Gasteiger partial charge is 0.0615 e. The Morgan fingerprint density at radius 3 is 2.38 bits per heavy atom. The minimum Gasteiger partial charge on any atom is -0.383 e. The summed E-state index contributed by atoms with van der Waals surface area (Å²) in [6, 6.07) is 0.510. The van der Waals surface area contributed by atoms with Crippen molar-refractivity contribution in [2.45, 2.75) is 65.8 Å². The van der Waals surface area contributed by atoms with Gasteiger partial charge in [0, 0.05) is 19.7 Å². The van der Waals surface area contributed by atoms with Crippen molar-refractivity contribution in [3.8, 4) is 0 Å². The zero-order chi connectivity index (χ0) is 12.4. The monoisotopic (exact) mass is 229 g/mol. The lowest BCUT2D eigenvalue weighted by Gasteiger charge is -2.28. The first-order chi connectivity index (χ1) is 7.55. The van der Waals surface area contributed by atoms with Gasteiger partial charge in [0.25, 0.3) is 0 Å². The molecule has 0 bridgehead atoms. The number of methoxy groups -OCH3 is 1. The standard InChI is InChI=1S/C14H31NO/c1-6-8-9-10-14(3,4)12-15-13(7-2)11-16-5/h13,15H,6-12H2,1-5H3. The van der Waals surface area contributed by atoms with Crippen LogP contribution in [-0.2, 0) is 4.74 Å². The summed E-state index contributed by atoms with van der Waals surface area (Å²) in [4.78, 5) is 0. The Balaban J connectivity index is 3.77. The summed E-state index contributed by atoms with van der Waals surface area (Å²) in [5.41, 5.74) is 0.413. The van der Waals surface area contributed by atoms with Crippen LogP contribution >= 0.6 is 0 Å². The van der Waals surface area contributed by atoms with Gasteiger partial charge in [-0.1, -0.05) is 47.0 Å². The summed E-state index contributed by atoms with van der Waals surface area (Å²) in [6.45, 7) is 11.1. The van der Waals surface area contributed by atoms with Gasteiger partial charge in [-0.15, -0.1) is 0 Å². The molecule has 1 unspecified atom stereocenters. The van der Waals surface area contributed by atoms with Crippen molar-refractivity contribution in [2.24, 2.45) is 5.41 Å². The molecule has 16 heavy (non-hydrogen) atoms. The molecular formula is C14H31NO. The Morgan fingerprint density at radius 1 is 1.19 bits per heavy atom. The number of ether oxygens (including phenoxy) is 1. The van der Waals surface area contributed by atoms with Crippen LogP contribution in [0.5, 0.6) is 0 Å². The van der Waals surface area contributed by atoms with Crippen LogP contribution in [0.4, 0.5) is 0 Å². The Kier molecular flexibility index (Phi) is 8.96. The largest absolute Gasteiger partial charge is 0.383 e. The maximum Gasteiger partial charge on any atom is 0.0615 e. The van der Waals surface area contributed by atoms with Crippen LogP contribution in [-0.4, -0.2) is 26.3 Å². The number of rotatable bonds is 10. The SMILES string of the molecule is CCCCCC(C)(C)CNC(CC)COC. The van der Waals surface area contributed by atoms with Crippen LogP contribution in [0.15, 0.2) is 0 Å². The zero-order valence-electron chi connectivity index (χ0n) is 11.9. The van der Waals surface area contributed by atoms with E-state index < -0.39 is 0 Å². The molecule has 2 nitrogen and oxygen atoms in total. The third-order valence-electron chi connectivity index (χ3n) is 3.19. The van der Waals surface area contributed by atoms with E-state index in [0.717, 1.165) is 19.6 Å². The second-order valence-corrected chi connectivity index (χ2v) is 5.56. The zero-order valence-corrected chi connectivity index (χ0v) is 11.9. The van der Waals surface area contributed by atoms with Gasteiger partial charge < -0.3 is 10.1 Å². The molecule has 0 amide bonds. The highest BCUT2D eigenvalue weighted by Crippen LogP contribution is 2.22. The van der Waals surface area contributed by atoms with Crippen molar-refractivity contribution in [2.75, 3.05) is 20.3 Å². The van der Waals surface area contributed by atoms with E-state index in [4.69, 9.17) is 4.74 Å². The number of hydrogen-bond acceptors (Lipinski definition) is 2. The maximum absolute atomic E-state index is 5.20. The lowest BCUT2D eigenvalue weighted by Crippen LogP contribution is -2.39. The minimum atomic E-state index is 0.413. The summed E-state index contributed by atoms with van der Waals surface area (Å²) in [6.07, 6.45) is 6.48. The fraction of sp³-hybridized carbons (Fsp3) is 1.00. The van der Waals surface area contributed by atoms with Gasteiger partial charge >= 0.3 is 0 Å². The van der Waals surface area contributed by atoms with Gasteiger partial charge in [-0.05, 0) is 18.3 Å². The van der Waals surface area contributed by atoms with E-state index in [0.29, 0.717) is 11.5 Å². The first-order valence-electron chi connectivity index (χ1n) is 6.78. The fourth-order valence-electron chi connectivity index (χ4n) is 1.88. The summed E-state index contributed by atoms with van der Waals surface area (Å²) < 4.78 is 5.20. The molecule has 0 saturated heterocycles. The summed E-state index contributed by atoms with van der Waals surface area (Å²) >= 11 is 0. The van der Waals surface area contributed by atoms with E-state index in [2.05, 4.69) is 33.0 Å². The van der Waals surface area contributed by atoms with Gasteiger partial charge in [0.2, 0.25) is 0 Å². The van der Waals surface area contributed by atoms with Gasteiger partial charge in [-0.3, -0.25) is 0 Å². The van der Waals surface area contributed by atoms with Crippen LogP contribution in [0.3, 0.4) is 0 Å². The van der Waals surface area contributed by atoms with E-state index in [-0.39, 0.29) is 0 Å². The minimum absolute atomic E-state index is 0.413. The van der Waals surface area contributed by atoms with Gasteiger partial charge in [-0.2, -0.15) is 0 Å².